The topological polar surface area (TPSA) is 84.9 Å². The lowest BCUT2D eigenvalue weighted by molar-refractivity contribution is -0.146. The number of hydrogen-bond donors (Lipinski definition) is 2. The van der Waals surface area contributed by atoms with E-state index in [0.717, 1.165) is 11.5 Å². The Morgan fingerprint density at radius 2 is 1.70 bits per heavy atom. The van der Waals surface area contributed by atoms with Crippen LogP contribution in [0.1, 0.15) is 33.6 Å². The molecular formula is C17H25NO5. The SMILES string of the molecule is CCOc1ccc(OCCCC(=O)NCC(C)(C)C(=O)O)cc1. The molecule has 0 aromatic heterocycles. The first-order chi connectivity index (χ1) is 10.8. The normalized spacial score (nSPS) is 10.9. The zero-order chi connectivity index (χ0) is 17.3. The molecule has 128 valence electrons. The number of carboxylic acids is 1. The van der Waals surface area contributed by atoms with Gasteiger partial charge in [0.15, 0.2) is 0 Å². The summed E-state index contributed by atoms with van der Waals surface area (Å²) in [7, 11) is 0. The second-order valence-corrected chi connectivity index (χ2v) is 5.82. The number of aliphatic carboxylic acids is 1. The smallest absolute Gasteiger partial charge is 0.310 e. The van der Waals surface area contributed by atoms with Gasteiger partial charge in [-0.05, 0) is 51.5 Å². The van der Waals surface area contributed by atoms with Gasteiger partial charge in [0.2, 0.25) is 5.91 Å². The molecule has 1 aromatic rings. The maximum atomic E-state index is 11.7. The minimum Gasteiger partial charge on any atom is -0.494 e. The Balaban J connectivity index is 2.21. The number of amides is 1. The molecule has 0 fully saturated rings. The molecule has 1 aromatic carbocycles. The number of rotatable bonds is 10. The van der Waals surface area contributed by atoms with E-state index in [-0.39, 0.29) is 12.5 Å². The van der Waals surface area contributed by atoms with Crippen LogP contribution in [0, 0.1) is 5.41 Å². The van der Waals surface area contributed by atoms with Crippen molar-refractivity contribution in [2.75, 3.05) is 19.8 Å². The molecule has 6 nitrogen and oxygen atoms in total. The molecule has 0 aliphatic heterocycles. The summed E-state index contributed by atoms with van der Waals surface area (Å²) >= 11 is 0. The molecule has 0 spiro atoms. The first-order valence-corrected chi connectivity index (χ1v) is 7.71. The van der Waals surface area contributed by atoms with Gasteiger partial charge in [-0.15, -0.1) is 0 Å². The van der Waals surface area contributed by atoms with Crippen LogP contribution in [0.25, 0.3) is 0 Å². The van der Waals surface area contributed by atoms with Crippen LogP contribution >= 0.6 is 0 Å². The van der Waals surface area contributed by atoms with E-state index < -0.39 is 11.4 Å². The molecule has 0 radical (unpaired) electrons. The summed E-state index contributed by atoms with van der Waals surface area (Å²) in [5.41, 5.74) is -0.964. The molecule has 1 rings (SSSR count). The third-order valence-electron chi connectivity index (χ3n) is 3.26. The molecule has 23 heavy (non-hydrogen) atoms. The highest BCUT2D eigenvalue weighted by Gasteiger charge is 2.27. The molecule has 0 saturated heterocycles. The van der Waals surface area contributed by atoms with Crippen LogP contribution in [-0.4, -0.2) is 36.7 Å². The second-order valence-electron chi connectivity index (χ2n) is 5.82. The van der Waals surface area contributed by atoms with E-state index in [0.29, 0.717) is 26.1 Å². The lowest BCUT2D eigenvalue weighted by Gasteiger charge is -2.19. The van der Waals surface area contributed by atoms with Gasteiger partial charge in [-0.25, -0.2) is 0 Å². The van der Waals surface area contributed by atoms with Gasteiger partial charge in [0.25, 0.3) is 0 Å². The van der Waals surface area contributed by atoms with E-state index in [1.54, 1.807) is 13.8 Å². The van der Waals surface area contributed by atoms with Crippen LogP contribution < -0.4 is 14.8 Å². The fourth-order valence-electron chi connectivity index (χ4n) is 1.71. The first-order valence-electron chi connectivity index (χ1n) is 7.71. The van der Waals surface area contributed by atoms with E-state index in [2.05, 4.69) is 5.32 Å². The molecule has 0 bridgehead atoms. The Labute approximate surface area is 136 Å². The molecule has 0 aliphatic rings. The van der Waals surface area contributed by atoms with E-state index in [1.165, 1.54) is 0 Å². The van der Waals surface area contributed by atoms with Gasteiger partial charge in [-0.2, -0.15) is 0 Å². The largest absolute Gasteiger partial charge is 0.494 e. The average Bonchev–Trinajstić information content (AvgIpc) is 2.51. The predicted octanol–water partition coefficient (Wildman–Crippen LogP) is 2.47. The van der Waals surface area contributed by atoms with Crippen LogP contribution in [0.2, 0.25) is 0 Å². The molecule has 1 amide bonds. The van der Waals surface area contributed by atoms with Gasteiger partial charge >= 0.3 is 5.97 Å². The van der Waals surface area contributed by atoms with Crippen LogP contribution in [0.15, 0.2) is 24.3 Å². The summed E-state index contributed by atoms with van der Waals surface area (Å²) in [6, 6.07) is 7.31. The summed E-state index contributed by atoms with van der Waals surface area (Å²) < 4.78 is 10.9. The van der Waals surface area contributed by atoms with Crippen LogP contribution in [0.4, 0.5) is 0 Å². The number of carbonyl (C=O) groups is 2. The zero-order valence-corrected chi connectivity index (χ0v) is 13.9. The van der Waals surface area contributed by atoms with Crippen molar-refractivity contribution < 1.29 is 24.2 Å². The minimum absolute atomic E-state index is 0.112. The maximum absolute atomic E-state index is 11.7. The van der Waals surface area contributed by atoms with E-state index in [4.69, 9.17) is 14.6 Å². The third kappa shape index (κ3) is 7.04. The highest BCUT2D eigenvalue weighted by Crippen LogP contribution is 2.17. The van der Waals surface area contributed by atoms with Gasteiger partial charge in [0.05, 0.1) is 18.6 Å². The number of nitrogens with one attached hydrogen (secondary N) is 1. The highest BCUT2D eigenvalue weighted by atomic mass is 16.5. The Morgan fingerprint density at radius 1 is 1.13 bits per heavy atom. The fraction of sp³-hybridized carbons (Fsp3) is 0.529. The minimum atomic E-state index is -0.964. The molecule has 0 aliphatic carbocycles. The van der Waals surface area contributed by atoms with Crippen molar-refractivity contribution in [1.29, 1.82) is 0 Å². The number of ether oxygens (including phenoxy) is 2. The molecule has 2 N–H and O–H groups in total. The Kier molecular flexibility index (Phi) is 7.38. The number of carbonyl (C=O) groups excluding carboxylic acids is 1. The summed E-state index contributed by atoms with van der Waals surface area (Å²) in [4.78, 5) is 22.6. The molecule has 0 atom stereocenters. The lowest BCUT2D eigenvalue weighted by atomic mass is 9.94. The predicted molar refractivity (Wildman–Crippen MR) is 86.8 cm³/mol. The Hall–Kier alpha value is -2.24. The van der Waals surface area contributed by atoms with Crippen molar-refractivity contribution in [1.82, 2.24) is 5.32 Å². The summed E-state index contributed by atoms with van der Waals surface area (Å²) in [6.07, 6.45) is 0.860. The second kappa shape index (κ2) is 9.02. The molecule has 0 unspecified atom stereocenters. The average molecular weight is 323 g/mol. The fourth-order valence-corrected chi connectivity index (χ4v) is 1.71. The van der Waals surface area contributed by atoms with Crippen LogP contribution in [0.3, 0.4) is 0 Å². The van der Waals surface area contributed by atoms with Gasteiger partial charge in [0, 0.05) is 13.0 Å². The number of hydrogen-bond acceptors (Lipinski definition) is 4. The third-order valence-corrected chi connectivity index (χ3v) is 3.26. The molecular weight excluding hydrogens is 298 g/mol. The lowest BCUT2D eigenvalue weighted by Crippen LogP contribution is -2.38. The van der Waals surface area contributed by atoms with Crippen molar-refractivity contribution in [2.24, 2.45) is 5.41 Å². The van der Waals surface area contributed by atoms with E-state index >= 15 is 0 Å². The highest BCUT2D eigenvalue weighted by molar-refractivity contribution is 5.78. The summed E-state index contributed by atoms with van der Waals surface area (Å²) in [5, 5.41) is 11.6. The van der Waals surface area contributed by atoms with Crippen molar-refractivity contribution in [2.45, 2.75) is 33.6 Å². The summed E-state index contributed by atoms with van der Waals surface area (Å²) in [6.45, 7) is 6.22. The monoisotopic (exact) mass is 323 g/mol. The van der Waals surface area contributed by atoms with Crippen LogP contribution in [-0.2, 0) is 9.59 Å². The van der Waals surface area contributed by atoms with E-state index in [1.807, 2.05) is 31.2 Å². The Bertz CT molecular complexity index is 510. The van der Waals surface area contributed by atoms with Gasteiger partial charge in [0.1, 0.15) is 11.5 Å². The number of carboxylic acid groups (broad SMARTS) is 1. The van der Waals surface area contributed by atoms with Gasteiger partial charge < -0.3 is 19.9 Å². The Morgan fingerprint density at radius 3 is 2.22 bits per heavy atom. The molecule has 0 saturated carbocycles. The van der Waals surface area contributed by atoms with Crippen molar-refractivity contribution in [3.05, 3.63) is 24.3 Å². The standard InChI is InChI=1S/C17H25NO5/c1-4-22-13-7-9-14(10-8-13)23-11-5-6-15(19)18-12-17(2,3)16(20)21/h7-10H,4-6,11-12H2,1-3H3,(H,18,19)(H,20,21). The van der Waals surface area contributed by atoms with Crippen molar-refractivity contribution >= 4 is 11.9 Å². The molecule has 0 heterocycles. The van der Waals surface area contributed by atoms with Crippen LogP contribution in [0.5, 0.6) is 11.5 Å². The quantitative estimate of drug-likeness (QED) is 0.646. The number of benzene rings is 1. The molecule has 6 heteroatoms. The summed E-state index contributed by atoms with van der Waals surface area (Å²) in [5.74, 6) is 0.410. The maximum Gasteiger partial charge on any atom is 0.310 e. The van der Waals surface area contributed by atoms with Gasteiger partial charge in [-0.1, -0.05) is 0 Å². The first kappa shape index (κ1) is 18.8. The van der Waals surface area contributed by atoms with Gasteiger partial charge in [-0.3, -0.25) is 9.59 Å². The van der Waals surface area contributed by atoms with Crippen molar-refractivity contribution in [3.63, 3.8) is 0 Å². The van der Waals surface area contributed by atoms with Crippen molar-refractivity contribution in [3.8, 4) is 11.5 Å². The van der Waals surface area contributed by atoms with E-state index in [9.17, 15) is 9.59 Å². The zero-order valence-electron chi connectivity index (χ0n) is 13.9.